The Kier molecular flexibility index (Phi) is 6.00. The molecule has 2 atom stereocenters. The normalized spacial score (nSPS) is 16.5. The van der Waals surface area contributed by atoms with Gasteiger partial charge in [0, 0.05) is 12.1 Å². The first-order valence-corrected chi connectivity index (χ1v) is 9.60. The van der Waals surface area contributed by atoms with Crippen molar-refractivity contribution in [2.24, 2.45) is 5.92 Å². The predicted molar refractivity (Wildman–Crippen MR) is 102 cm³/mol. The minimum atomic E-state index is -4.53. The Labute approximate surface area is 162 Å². The maximum Gasteiger partial charge on any atom is 0.433 e. The highest BCUT2D eigenvalue weighted by atomic mass is 19.4. The number of halogens is 3. The lowest BCUT2D eigenvalue weighted by molar-refractivity contribution is -0.141. The number of anilines is 2. The minimum absolute atomic E-state index is 0.0607. The van der Waals surface area contributed by atoms with Crippen molar-refractivity contribution in [3.63, 3.8) is 0 Å². The van der Waals surface area contributed by atoms with Crippen molar-refractivity contribution < 1.29 is 13.2 Å². The van der Waals surface area contributed by atoms with Crippen LogP contribution >= 0.6 is 0 Å². The van der Waals surface area contributed by atoms with Gasteiger partial charge >= 0.3 is 6.18 Å². The van der Waals surface area contributed by atoms with Crippen LogP contribution in [-0.2, 0) is 6.18 Å². The molecule has 6 nitrogen and oxygen atoms in total. The Hall–Kier alpha value is -2.45. The zero-order valence-electron chi connectivity index (χ0n) is 16.2. The molecule has 1 fully saturated rings. The molecule has 152 valence electrons. The molecule has 0 aromatic carbocycles. The van der Waals surface area contributed by atoms with Crippen molar-refractivity contribution in [1.82, 2.24) is 19.9 Å². The van der Waals surface area contributed by atoms with Gasteiger partial charge in [-0.25, -0.2) is 4.98 Å². The summed E-state index contributed by atoms with van der Waals surface area (Å²) in [6.45, 7) is 6.14. The molecule has 28 heavy (non-hydrogen) atoms. The van der Waals surface area contributed by atoms with E-state index >= 15 is 0 Å². The zero-order valence-corrected chi connectivity index (χ0v) is 16.2. The molecule has 0 spiro atoms. The van der Waals surface area contributed by atoms with E-state index in [1.54, 1.807) is 0 Å². The van der Waals surface area contributed by atoms with Gasteiger partial charge in [-0.15, -0.1) is 0 Å². The highest BCUT2D eigenvalue weighted by molar-refractivity contribution is 5.54. The Morgan fingerprint density at radius 1 is 1.04 bits per heavy atom. The van der Waals surface area contributed by atoms with Crippen LogP contribution in [0.1, 0.15) is 52.1 Å². The lowest BCUT2D eigenvalue weighted by Crippen LogP contribution is -2.22. The second-order valence-electron chi connectivity index (χ2n) is 7.32. The summed E-state index contributed by atoms with van der Waals surface area (Å²) in [7, 11) is 0. The maximum absolute atomic E-state index is 13.0. The molecule has 2 N–H and O–H groups in total. The standard InChI is InChI=1S/C19H25F3N6/c1-4-6-11(2)23-17-26-16(14-7-5-8-15(25-14)19(20,21)22)27-18(28-17)24-12(3)13-9-10-13/h5,7-8,11-13H,4,6,9-10H2,1-3H3,(H2,23,24,26,27,28). The van der Waals surface area contributed by atoms with E-state index in [0.717, 1.165) is 31.7 Å². The summed E-state index contributed by atoms with van der Waals surface area (Å²) in [6, 6.07) is 4.02. The quantitative estimate of drug-likeness (QED) is 0.672. The molecule has 0 radical (unpaired) electrons. The Morgan fingerprint density at radius 2 is 1.71 bits per heavy atom. The third-order valence-corrected chi connectivity index (χ3v) is 4.69. The van der Waals surface area contributed by atoms with Gasteiger partial charge in [-0.2, -0.15) is 28.1 Å². The smallest absolute Gasteiger partial charge is 0.352 e. The molecule has 2 aromatic rings. The van der Waals surface area contributed by atoms with Gasteiger partial charge in [0.2, 0.25) is 11.9 Å². The summed E-state index contributed by atoms with van der Waals surface area (Å²) in [5.41, 5.74) is -0.911. The van der Waals surface area contributed by atoms with E-state index in [1.165, 1.54) is 12.1 Å². The highest BCUT2D eigenvalue weighted by Gasteiger charge is 2.33. The summed E-state index contributed by atoms with van der Waals surface area (Å²) in [5.74, 6) is 1.35. The van der Waals surface area contributed by atoms with Crippen LogP contribution in [0.4, 0.5) is 25.1 Å². The first-order valence-electron chi connectivity index (χ1n) is 9.60. The number of pyridine rings is 1. The van der Waals surface area contributed by atoms with E-state index in [2.05, 4.69) is 44.4 Å². The number of nitrogens with one attached hydrogen (secondary N) is 2. The van der Waals surface area contributed by atoms with Gasteiger partial charge in [0.15, 0.2) is 5.82 Å². The second kappa shape index (κ2) is 8.28. The van der Waals surface area contributed by atoms with Crippen LogP contribution in [0.25, 0.3) is 11.5 Å². The summed E-state index contributed by atoms with van der Waals surface area (Å²) in [6.07, 6.45) is -0.309. The van der Waals surface area contributed by atoms with Gasteiger partial charge in [-0.1, -0.05) is 19.4 Å². The molecule has 2 unspecified atom stereocenters. The molecule has 0 aliphatic heterocycles. The van der Waals surface area contributed by atoms with Crippen molar-refractivity contribution in [2.45, 2.75) is 64.7 Å². The molecule has 0 amide bonds. The summed E-state index contributed by atoms with van der Waals surface area (Å²) in [4.78, 5) is 16.8. The van der Waals surface area contributed by atoms with Crippen LogP contribution in [-0.4, -0.2) is 32.0 Å². The average Bonchev–Trinajstić information content (AvgIpc) is 3.46. The van der Waals surface area contributed by atoms with Gasteiger partial charge in [0.1, 0.15) is 11.4 Å². The van der Waals surface area contributed by atoms with Crippen LogP contribution < -0.4 is 10.6 Å². The lowest BCUT2D eigenvalue weighted by atomic mass is 10.2. The predicted octanol–water partition coefficient (Wildman–Crippen LogP) is 4.76. The van der Waals surface area contributed by atoms with Gasteiger partial charge in [0.05, 0.1) is 0 Å². The summed E-state index contributed by atoms with van der Waals surface area (Å²) < 4.78 is 39.1. The highest BCUT2D eigenvalue weighted by Crippen LogP contribution is 2.34. The van der Waals surface area contributed by atoms with E-state index < -0.39 is 11.9 Å². The van der Waals surface area contributed by atoms with Gasteiger partial charge in [-0.3, -0.25) is 0 Å². The van der Waals surface area contributed by atoms with Crippen LogP contribution in [0.5, 0.6) is 0 Å². The van der Waals surface area contributed by atoms with Gasteiger partial charge < -0.3 is 10.6 Å². The second-order valence-corrected chi connectivity index (χ2v) is 7.32. The molecule has 2 aromatic heterocycles. The van der Waals surface area contributed by atoms with Crippen LogP contribution in [0.2, 0.25) is 0 Å². The molecule has 1 aliphatic carbocycles. The fourth-order valence-corrected chi connectivity index (χ4v) is 2.98. The van der Waals surface area contributed by atoms with Crippen molar-refractivity contribution in [2.75, 3.05) is 10.6 Å². The maximum atomic E-state index is 13.0. The topological polar surface area (TPSA) is 75.6 Å². The van der Waals surface area contributed by atoms with Gasteiger partial charge in [-0.05, 0) is 51.2 Å². The van der Waals surface area contributed by atoms with Crippen molar-refractivity contribution in [3.05, 3.63) is 23.9 Å². The third kappa shape index (κ3) is 5.30. The van der Waals surface area contributed by atoms with Crippen molar-refractivity contribution in [1.29, 1.82) is 0 Å². The van der Waals surface area contributed by atoms with E-state index in [4.69, 9.17) is 0 Å². The van der Waals surface area contributed by atoms with Crippen LogP contribution in [0.15, 0.2) is 18.2 Å². The van der Waals surface area contributed by atoms with Crippen LogP contribution in [0, 0.1) is 5.92 Å². The molecule has 3 rings (SSSR count). The number of hydrogen-bond acceptors (Lipinski definition) is 6. The Balaban J connectivity index is 1.94. The summed E-state index contributed by atoms with van der Waals surface area (Å²) in [5, 5.41) is 6.46. The number of alkyl halides is 3. The Morgan fingerprint density at radius 3 is 2.32 bits per heavy atom. The van der Waals surface area contributed by atoms with E-state index in [1.807, 2.05) is 6.92 Å². The van der Waals surface area contributed by atoms with Crippen molar-refractivity contribution >= 4 is 11.9 Å². The average molecular weight is 394 g/mol. The largest absolute Gasteiger partial charge is 0.433 e. The molecule has 2 heterocycles. The number of rotatable bonds is 8. The number of nitrogens with zero attached hydrogens (tertiary/aromatic N) is 4. The van der Waals surface area contributed by atoms with E-state index in [-0.39, 0.29) is 23.6 Å². The molecule has 0 bridgehead atoms. The van der Waals surface area contributed by atoms with Crippen LogP contribution in [0.3, 0.4) is 0 Å². The zero-order chi connectivity index (χ0) is 20.3. The monoisotopic (exact) mass is 394 g/mol. The Bertz CT molecular complexity index is 806. The van der Waals surface area contributed by atoms with Crippen molar-refractivity contribution in [3.8, 4) is 11.5 Å². The first-order chi connectivity index (χ1) is 13.3. The molecule has 0 saturated heterocycles. The fourth-order valence-electron chi connectivity index (χ4n) is 2.98. The summed E-state index contributed by atoms with van der Waals surface area (Å²) >= 11 is 0. The number of aromatic nitrogens is 4. The number of hydrogen-bond donors (Lipinski definition) is 2. The SMILES string of the molecule is CCCC(C)Nc1nc(NC(C)C2CC2)nc(-c2cccc(C(F)(F)F)n2)n1. The first kappa shape index (κ1) is 20.3. The molecule has 1 aliphatic rings. The van der Waals surface area contributed by atoms with E-state index in [9.17, 15) is 13.2 Å². The fraction of sp³-hybridized carbons (Fsp3) is 0.579. The third-order valence-electron chi connectivity index (χ3n) is 4.69. The van der Waals surface area contributed by atoms with Gasteiger partial charge in [0.25, 0.3) is 0 Å². The molecule has 9 heteroatoms. The molecule has 1 saturated carbocycles. The van der Waals surface area contributed by atoms with E-state index in [0.29, 0.717) is 17.8 Å². The lowest BCUT2D eigenvalue weighted by Gasteiger charge is -2.17. The molecular formula is C19H25F3N6. The molecular weight excluding hydrogens is 369 g/mol. The minimum Gasteiger partial charge on any atom is -0.352 e.